The van der Waals surface area contributed by atoms with Gasteiger partial charge in [0.2, 0.25) is 0 Å². The van der Waals surface area contributed by atoms with Crippen LogP contribution in [0.15, 0.2) is 40.6 Å². The van der Waals surface area contributed by atoms with E-state index >= 15 is 0 Å². The first-order valence-electron chi connectivity index (χ1n) is 4.93. The third-order valence-electron chi connectivity index (χ3n) is 2.16. The number of hydrogen-bond donors (Lipinski definition) is 0. The second-order valence-corrected chi connectivity index (χ2v) is 5.80. The molecule has 0 fully saturated rings. The third-order valence-corrected chi connectivity index (χ3v) is 4.04. The number of benzene rings is 1. The first-order valence-corrected chi connectivity index (χ1v) is 7.18. The van der Waals surface area contributed by atoms with Crippen LogP contribution in [0.5, 0.6) is 0 Å². The fraction of sp³-hybridized carbons (Fsp3) is 0.182. The molecule has 0 saturated heterocycles. The normalized spacial score (nSPS) is 11.6. The molecule has 0 aliphatic rings. The van der Waals surface area contributed by atoms with Gasteiger partial charge in [0.25, 0.3) is 10.1 Å². The van der Waals surface area contributed by atoms with E-state index in [9.17, 15) is 8.42 Å². The number of aryl methyl sites for hydroxylation is 1. The van der Waals surface area contributed by atoms with E-state index in [4.69, 9.17) is 4.18 Å². The summed E-state index contributed by atoms with van der Waals surface area (Å²) in [5.74, 6) is 0. The van der Waals surface area contributed by atoms with Crippen LogP contribution < -0.4 is 0 Å². The van der Waals surface area contributed by atoms with Gasteiger partial charge in [-0.05, 0) is 36.7 Å². The van der Waals surface area contributed by atoms with E-state index < -0.39 is 10.1 Å². The minimum Gasteiger partial charge on any atom is -0.260 e. The summed E-state index contributed by atoms with van der Waals surface area (Å²) in [7, 11) is -3.69. The molecule has 2 rings (SSSR count). The Bertz CT molecular complexity index is 574. The van der Waals surface area contributed by atoms with Crippen molar-refractivity contribution in [3.8, 4) is 0 Å². The third kappa shape index (κ3) is 3.12. The second kappa shape index (κ2) is 4.95. The maximum absolute atomic E-state index is 11.8. The molecule has 6 heteroatoms. The zero-order chi connectivity index (χ0) is 12.3. The van der Waals surface area contributed by atoms with Crippen LogP contribution in [0.25, 0.3) is 0 Å². The Morgan fingerprint density at radius 1 is 1.24 bits per heavy atom. The lowest BCUT2D eigenvalue weighted by molar-refractivity contribution is 0.304. The van der Waals surface area contributed by atoms with Gasteiger partial charge in [0.1, 0.15) is 6.61 Å². The second-order valence-electron chi connectivity index (χ2n) is 3.52. The summed E-state index contributed by atoms with van der Waals surface area (Å²) in [5.41, 5.74) is 1.62. The zero-order valence-electron chi connectivity index (χ0n) is 9.16. The van der Waals surface area contributed by atoms with Crippen LogP contribution in [0.2, 0.25) is 0 Å². The molecule has 90 valence electrons. The van der Waals surface area contributed by atoms with Gasteiger partial charge in [-0.15, -0.1) is 0 Å². The SMILES string of the molecule is Cc1ccc(S(=O)(=O)OCc2ccsn2)cc1. The van der Waals surface area contributed by atoms with Crippen molar-refractivity contribution in [3.05, 3.63) is 47.0 Å². The van der Waals surface area contributed by atoms with Crippen molar-refractivity contribution in [2.75, 3.05) is 0 Å². The van der Waals surface area contributed by atoms with Gasteiger partial charge in [-0.25, -0.2) is 0 Å². The Morgan fingerprint density at radius 2 is 1.94 bits per heavy atom. The molecule has 1 heterocycles. The highest BCUT2D eigenvalue weighted by Crippen LogP contribution is 2.15. The van der Waals surface area contributed by atoms with E-state index in [1.165, 1.54) is 23.7 Å². The van der Waals surface area contributed by atoms with Crippen molar-refractivity contribution in [2.45, 2.75) is 18.4 Å². The summed E-state index contributed by atoms with van der Waals surface area (Å²) in [6.45, 7) is 1.87. The van der Waals surface area contributed by atoms with Gasteiger partial charge in [0.05, 0.1) is 10.6 Å². The highest BCUT2D eigenvalue weighted by atomic mass is 32.2. The fourth-order valence-electron chi connectivity index (χ4n) is 1.22. The molecule has 0 aliphatic carbocycles. The maximum Gasteiger partial charge on any atom is 0.297 e. The molecule has 0 unspecified atom stereocenters. The van der Waals surface area contributed by atoms with E-state index in [0.29, 0.717) is 5.69 Å². The van der Waals surface area contributed by atoms with Gasteiger partial charge in [-0.2, -0.15) is 12.8 Å². The van der Waals surface area contributed by atoms with E-state index in [-0.39, 0.29) is 11.5 Å². The number of aromatic nitrogens is 1. The minimum absolute atomic E-state index is 0.0281. The van der Waals surface area contributed by atoms with Gasteiger partial charge < -0.3 is 0 Å². The molecule has 0 spiro atoms. The molecule has 0 atom stereocenters. The summed E-state index contributed by atoms with van der Waals surface area (Å²) >= 11 is 1.26. The maximum atomic E-state index is 11.8. The average molecular weight is 269 g/mol. The minimum atomic E-state index is -3.69. The van der Waals surface area contributed by atoms with Crippen molar-refractivity contribution < 1.29 is 12.6 Å². The summed E-state index contributed by atoms with van der Waals surface area (Å²) in [5, 5.41) is 1.77. The molecule has 17 heavy (non-hydrogen) atoms. The lowest BCUT2D eigenvalue weighted by Gasteiger charge is -2.04. The van der Waals surface area contributed by atoms with Crippen LogP contribution in [0.3, 0.4) is 0 Å². The van der Waals surface area contributed by atoms with E-state index in [0.717, 1.165) is 5.56 Å². The molecule has 4 nitrogen and oxygen atoms in total. The molecule has 2 aromatic rings. The van der Waals surface area contributed by atoms with Gasteiger partial charge in [-0.1, -0.05) is 17.7 Å². The van der Waals surface area contributed by atoms with Crippen LogP contribution in [0.1, 0.15) is 11.3 Å². The van der Waals surface area contributed by atoms with Crippen LogP contribution in [-0.2, 0) is 20.9 Å². The molecule has 0 bridgehead atoms. The molecule has 1 aromatic carbocycles. The van der Waals surface area contributed by atoms with Crippen molar-refractivity contribution in [2.24, 2.45) is 0 Å². The van der Waals surface area contributed by atoms with Gasteiger partial charge in [-0.3, -0.25) is 4.18 Å². The predicted octanol–water partition coefficient (Wildman–Crippen LogP) is 2.36. The molecular weight excluding hydrogens is 258 g/mol. The monoisotopic (exact) mass is 269 g/mol. The molecule has 0 N–H and O–H groups in total. The summed E-state index contributed by atoms with van der Waals surface area (Å²) in [6, 6.07) is 8.27. The Kier molecular flexibility index (Phi) is 3.56. The quantitative estimate of drug-likeness (QED) is 0.799. The molecule has 1 aromatic heterocycles. The molecule has 0 radical (unpaired) electrons. The highest BCUT2D eigenvalue weighted by Gasteiger charge is 2.15. The highest BCUT2D eigenvalue weighted by molar-refractivity contribution is 7.86. The van der Waals surface area contributed by atoms with Crippen molar-refractivity contribution in [1.29, 1.82) is 0 Å². The summed E-state index contributed by atoms with van der Waals surface area (Å²) in [6.07, 6.45) is 0. The average Bonchev–Trinajstić information content (AvgIpc) is 2.80. The van der Waals surface area contributed by atoms with Crippen LogP contribution in [0, 0.1) is 6.92 Å². The number of hydrogen-bond acceptors (Lipinski definition) is 5. The first-order chi connectivity index (χ1) is 8.08. The molecular formula is C11H11NO3S2. The van der Waals surface area contributed by atoms with Gasteiger partial charge >= 0.3 is 0 Å². The summed E-state index contributed by atoms with van der Waals surface area (Å²) in [4.78, 5) is 0.165. The number of nitrogens with zero attached hydrogens (tertiary/aromatic N) is 1. The largest absolute Gasteiger partial charge is 0.297 e. The fourth-order valence-corrected chi connectivity index (χ4v) is 2.63. The zero-order valence-corrected chi connectivity index (χ0v) is 10.8. The lowest BCUT2D eigenvalue weighted by Crippen LogP contribution is -2.06. The smallest absolute Gasteiger partial charge is 0.260 e. The van der Waals surface area contributed by atoms with Crippen molar-refractivity contribution in [3.63, 3.8) is 0 Å². The Labute approximate surface area is 104 Å². The van der Waals surface area contributed by atoms with Crippen molar-refractivity contribution >= 4 is 21.7 Å². The van der Waals surface area contributed by atoms with Crippen LogP contribution in [0.4, 0.5) is 0 Å². The topological polar surface area (TPSA) is 56.3 Å². The molecule has 0 aliphatic heterocycles. The van der Waals surface area contributed by atoms with E-state index in [1.807, 2.05) is 6.92 Å². The van der Waals surface area contributed by atoms with E-state index in [1.54, 1.807) is 23.6 Å². The first kappa shape index (κ1) is 12.2. The predicted molar refractivity (Wildman–Crippen MR) is 65.3 cm³/mol. The van der Waals surface area contributed by atoms with Crippen LogP contribution in [-0.4, -0.2) is 12.8 Å². The van der Waals surface area contributed by atoms with E-state index in [2.05, 4.69) is 4.37 Å². The standard InChI is InChI=1S/C11H11NO3S2/c1-9-2-4-11(5-3-9)17(13,14)15-8-10-6-7-16-12-10/h2-7H,8H2,1H3. The molecule has 0 amide bonds. The summed E-state index contributed by atoms with van der Waals surface area (Å²) < 4.78 is 32.5. The van der Waals surface area contributed by atoms with Crippen LogP contribution >= 0.6 is 11.5 Å². The van der Waals surface area contributed by atoms with Crippen molar-refractivity contribution in [1.82, 2.24) is 4.37 Å². The lowest BCUT2D eigenvalue weighted by atomic mass is 10.2. The Balaban J connectivity index is 2.11. The Hall–Kier alpha value is -1.24. The Morgan fingerprint density at radius 3 is 2.53 bits per heavy atom. The van der Waals surface area contributed by atoms with Gasteiger partial charge in [0.15, 0.2) is 0 Å². The van der Waals surface area contributed by atoms with Gasteiger partial charge in [0, 0.05) is 5.38 Å². The number of rotatable bonds is 4. The molecule has 0 saturated carbocycles.